The minimum atomic E-state index is 0.00174. The standard InChI is InChI=1S/C15H22N2O2/c1-4-19-13-7-5-6-12-14(13)17-15(18)11(9-16-12)8-10(2)3/h5-7,10-11,16H,4,8-9H2,1-3H3,(H,17,18). The maximum absolute atomic E-state index is 12.3. The number of carbonyl (C=O) groups excluding carboxylic acids is 1. The highest BCUT2D eigenvalue weighted by molar-refractivity contribution is 5.99. The van der Waals surface area contributed by atoms with Crippen molar-refractivity contribution in [1.29, 1.82) is 0 Å². The number of ether oxygens (including phenoxy) is 1. The molecule has 1 amide bonds. The van der Waals surface area contributed by atoms with Gasteiger partial charge in [0, 0.05) is 6.54 Å². The molecule has 0 bridgehead atoms. The normalized spacial score (nSPS) is 18.3. The van der Waals surface area contributed by atoms with Crippen molar-refractivity contribution in [1.82, 2.24) is 0 Å². The number of anilines is 2. The summed E-state index contributed by atoms with van der Waals surface area (Å²) in [6, 6.07) is 5.79. The van der Waals surface area contributed by atoms with Crippen LogP contribution in [0.5, 0.6) is 5.75 Å². The first-order valence-electron chi connectivity index (χ1n) is 6.92. The molecule has 1 unspecified atom stereocenters. The summed E-state index contributed by atoms with van der Waals surface area (Å²) in [5.74, 6) is 1.31. The van der Waals surface area contributed by atoms with E-state index in [1.54, 1.807) is 0 Å². The molecule has 0 radical (unpaired) electrons. The Hall–Kier alpha value is -1.71. The van der Waals surface area contributed by atoms with Crippen LogP contribution in [0.2, 0.25) is 0 Å². The number of benzene rings is 1. The fourth-order valence-electron chi connectivity index (χ4n) is 2.39. The lowest BCUT2D eigenvalue weighted by Gasteiger charge is -2.15. The number of nitrogens with one attached hydrogen (secondary N) is 2. The van der Waals surface area contributed by atoms with Crippen LogP contribution in [0.1, 0.15) is 27.2 Å². The topological polar surface area (TPSA) is 50.4 Å². The molecule has 1 heterocycles. The summed E-state index contributed by atoms with van der Waals surface area (Å²) in [4.78, 5) is 12.3. The van der Waals surface area contributed by atoms with Gasteiger partial charge in [-0.15, -0.1) is 0 Å². The molecule has 1 aliphatic heterocycles. The average molecular weight is 262 g/mol. The molecule has 0 saturated carbocycles. The third kappa shape index (κ3) is 3.19. The van der Waals surface area contributed by atoms with E-state index in [0.29, 0.717) is 19.1 Å². The predicted octanol–water partition coefficient (Wildman–Crippen LogP) is 3.11. The van der Waals surface area contributed by atoms with E-state index in [2.05, 4.69) is 24.5 Å². The number of hydrogen-bond donors (Lipinski definition) is 2. The largest absolute Gasteiger partial charge is 0.492 e. The second-order valence-electron chi connectivity index (χ2n) is 5.31. The Morgan fingerprint density at radius 2 is 2.21 bits per heavy atom. The van der Waals surface area contributed by atoms with Gasteiger partial charge in [-0.1, -0.05) is 19.9 Å². The van der Waals surface area contributed by atoms with Crippen molar-refractivity contribution >= 4 is 17.3 Å². The van der Waals surface area contributed by atoms with Gasteiger partial charge in [0.1, 0.15) is 11.4 Å². The summed E-state index contributed by atoms with van der Waals surface area (Å²) in [7, 11) is 0. The van der Waals surface area contributed by atoms with Gasteiger partial charge in [0.05, 0.1) is 18.2 Å². The van der Waals surface area contributed by atoms with Gasteiger partial charge in [0.25, 0.3) is 0 Å². The highest BCUT2D eigenvalue weighted by Crippen LogP contribution is 2.35. The van der Waals surface area contributed by atoms with Crippen LogP contribution < -0.4 is 15.4 Å². The van der Waals surface area contributed by atoms with E-state index in [0.717, 1.165) is 23.5 Å². The fraction of sp³-hybridized carbons (Fsp3) is 0.533. The monoisotopic (exact) mass is 262 g/mol. The van der Waals surface area contributed by atoms with Gasteiger partial charge < -0.3 is 15.4 Å². The number of fused-ring (bicyclic) bond motifs is 1. The summed E-state index contributed by atoms with van der Waals surface area (Å²) in [5, 5.41) is 6.35. The van der Waals surface area contributed by atoms with Crippen molar-refractivity contribution in [2.45, 2.75) is 27.2 Å². The van der Waals surface area contributed by atoms with Crippen LogP contribution in [0.15, 0.2) is 18.2 Å². The smallest absolute Gasteiger partial charge is 0.229 e. The van der Waals surface area contributed by atoms with Gasteiger partial charge in [-0.3, -0.25) is 4.79 Å². The van der Waals surface area contributed by atoms with Crippen LogP contribution >= 0.6 is 0 Å². The lowest BCUT2D eigenvalue weighted by molar-refractivity contribution is -0.119. The number of hydrogen-bond acceptors (Lipinski definition) is 3. The molecular weight excluding hydrogens is 240 g/mol. The predicted molar refractivity (Wildman–Crippen MR) is 77.7 cm³/mol. The lowest BCUT2D eigenvalue weighted by Crippen LogP contribution is -2.27. The van der Waals surface area contributed by atoms with Crippen LogP contribution in [-0.2, 0) is 4.79 Å². The summed E-state index contributed by atoms with van der Waals surface area (Å²) in [5.41, 5.74) is 1.70. The van der Waals surface area contributed by atoms with Crippen molar-refractivity contribution in [2.24, 2.45) is 11.8 Å². The molecule has 0 aliphatic carbocycles. The summed E-state index contributed by atoms with van der Waals surface area (Å²) in [6.45, 7) is 7.47. The molecule has 4 nitrogen and oxygen atoms in total. The summed E-state index contributed by atoms with van der Waals surface area (Å²) >= 11 is 0. The first-order chi connectivity index (χ1) is 9.11. The van der Waals surface area contributed by atoms with Crippen LogP contribution in [0.4, 0.5) is 11.4 Å². The quantitative estimate of drug-likeness (QED) is 0.876. The lowest BCUT2D eigenvalue weighted by atomic mass is 9.96. The molecule has 1 atom stereocenters. The van der Waals surface area contributed by atoms with E-state index in [-0.39, 0.29) is 11.8 Å². The van der Waals surface area contributed by atoms with E-state index in [1.807, 2.05) is 25.1 Å². The molecule has 0 aromatic heterocycles. The van der Waals surface area contributed by atoms with Gasteiger partial charge in [0.2, 0.25) is 5.91 Å². The zero-order valence-corrected chi connectivity index (χ0v) is 11.8. The molecular formula is C15H22N2O2. The Kier molecular flexibility index (Phi) is 4.30. The minimum Gasteiger partial charge on any atom is -0.492 e. The third-order valence-corrected chi connectivity index (χ3v) is 3.24. The van der Waals surface area contributed by atoms with E-state index in [9.17, 15) is 4.79 Å². The van der Waals surface area contributed by atoms with Gasteiger partial charge in [-0.2, -0.15) is 0 Å². The number of rotatable bonds is 4. The fourth-order valence-corrected chi connectivity index (χ4v) is 2.39. The number of amides is 1. The molecule has 104 valence electrons. The minimum absolute atomic E-state index is 0.00174. The van der Waals surface area contributed by atoms with Crippen LogP contribution in [0.25, 0.3) is 0 Å². The molecule has 1 aromatic carbocycles. The molecule has 0 spiro atoms. The Morgan fingerprint density at radius 3 is 2.89 bits per heavy atom. The van der Waals surface area contributed by atoms with Gasteiger partial charge in [-0.05, 0) is 31.4 Å². The molecule has 4 heteroatoms. The van der Waals surface area contributed by atoms with Crippen LogP contribution in [-0.4, -0.2) is 19.1 Å². The SMILES string of the molecule is CCOc1cccc2c1NC(=O)C(CC(C)C)CN2. The maximum Gasteiger partial charge on any atom is 0.229 e. The zero-order valence-electron chi connectivity index (χ0n) is 11.8. The van der Waals surface area contributed by atoms with Crippen LogP contribution in [0, 0.1) is 11.8 Å². The maximum atomic E-state index is 12.3. The molecule has 0 fully saturated rings. The Morgan fingerprint density at radius 1 is 1.42 bits per heavy atom. The highest BCUT2D eigenvalue weighted by Gasteiger charge is 2.25. The van der Waals surface area contributed by atoms with Gasteiger partial charge in [0.15, 0.2) is 0 Å². The summed E-state index contributed by atoms with van der Waals surface area (Å²) < 4.78 is 5.57. The van der Waals surface area contributed by atoms with Crippen molar-refractivity contribution in [3.8, 4) is 5.75 Å². The van der Waals surface area contributed by atoms with Gasteiger partial charge in [-0.25, -0.2) is 0 Å². The van der Waals surface area contributed by atoms with Crippen molar-refractivity contribution in [2.75, 3.05) is 23.8 Å². The van der Waals surface area contributed by atoms with Crippen LogP contribution in [0.3, 0.4) is 0 Å². The van der Waals surface area contributed by atoms with E-state index in [4.69, 9.17) is 4.74 Å². The average Bonchev–Trinajstić information content (AvgIpc) is 2.51. The molecule has 2 rings (SSSR count). The second kappa shape index (κ2) is 5.95. The summed E-state index contributed by atoms with van der Waals surface area (Å²) in [6.07, 6.45) is 0.886. The second-order valence-corrected chi connectivity index (χ2v) is 5.31. The van der Waals surface area contributed by atoms with E-state index < -0.39 is 0 Å². The first-order valence-corrected chi connectivity index (χ1v) is 6.92. The zero-order chi connectivity index (χ0) is 13.8. The van der Waals surface area contributed by atoms with Crippen molar-refractivity contribution < 1.29 is 9.53 Å². The van der Waals surface area contributed by atoms with E-state index >= 15 is 0 Å². The third-order valence-electron chi connectivity index (χ3n) is 3.24. The number of para-hydroxylation sites is 1. The Bertz CT molecular complexity index is 457. The van der Waals surface area contributed by atoms with Gasteiger partial charge >= 0.3 is 0 Å². The first kappa shape index (κ1) is 13.7. The molecule has 0 saturated heterocycles. The number of carbonyl (C=O) groups is 1. The molecule has 19 heavy (non-hydrogen) atoms. The van der Waals surface area contributed by atoms with Crippen molar-refractivity contribution in [3.05, 3.63) is 18.2 Å². The molecule has 2 N–H and O–H groups in total. The van der Waals surface area contributed by atoms with E-state index in [1.165, 1.54) is 0 Å². The van der Waals surface area contributed by atoms with Crippen molar-refractivity contribution in [3.63, 3.8) is 0 Å². The Labute approximate surface area is 114 Å². The molecule has 1 aliphatic rings. The highest BCUT2D eigenvalue weighted by atomic mass is 16.5. The Balaban J connectivity index is 2.23. The molecule has 1 aromatic rings.